The van der Waals surface area contributed by atoms with Crippen molar-refractivity contribution >= 4 is 27.5 Å². The average molecular weight is 320 g/mol. The Balaban J connectivity index is 2.16. The molecule has 0 saturated carbocycles. The van der Waals surface area contributed by atoms with Gasteiger partial charge in [-0.1, -0.05) is 30.7 Å². The van der Waals surface area contributed by atoms with Gasteiger partial charge in [-0.3, -0.25) is 0 Å². The molecule has 0 amide bonds. The third-order valence-electron chi connectivity index (χ3n) is 2.48. The zero-order valence-corrected chi connectivity index (χ0v) is 12.6. The molecule has 2 nitrogen and oxygen atoms in total. The van der Waals surface area contributed by atoms with Gasteiger partial charge < -0.3 is 10.6 Å². The Morgan fingerprint density at radius 3 is 2.71 bits per heavy atom. The SMILES string of the molecule is CCCNCCCNCc1cccc(Br)c1Cl. The molecule has 0 heterocycles. The topological polar surface area (TPSA) is 24.1 Å². The molecule has 17 heavy (non-hydrogen) atoms. The van der Waals surface area contributed by atoms with E-state index in [0.717, 1.165) is 47.7 Å². The van der Waals surface area contributed by atoms with Crippen molar-refractivity contribution in [3.63, 3.8) is 0 Å². The molecule has 0 spiro atoms. The van der Waals surface area contributed by atoms with Gasteiger partial charge >= 0.3 is 0 Å². The maximum atomic E-state index is 6.18. The van der Waals surface area contributed by atoms with E-state index in [1.807, 2.05) is 12.1 Å². The Labute approximate surface area is 117 Å². The standard InChI is InChI=1S/C13H20BrClN2/c1-2-7-16-8-4-9-17-10-11-5-3-6-12(14)13(11)15/h3,5-6,16-17H,2,4,7-10H2,1H3. The van der Waals surface area contributed by atoms with Crippen molar-refractivity contribution in [2.75, 3.05) is 19.6 Å². The lowest BCUT2D eigenvalue weighted by Crippen LogP contribution is -2.22. The van der Waals surface area contributed by atoms with Crippen molar-refractivity contribution in [1.29, 1.82) is 0 Å². The van der Waals surface area contributed by atoms with Gasteiger partial charge in [-0.2, -0.15) is 0 Å². The highest BCUT2D eigenvalue weighted by atomic mass is 79.9. The Morgan fingerprint density at radius 1 is 1.18 bits per heavy atom. The molecule has 0 radical (unpaired) electrons. The molecule has 0 aliphatic heterocycles. The van der Waals surface area contributed by atoms with Crippen LogP contribution in [-0.4, -0.2) is 19.6 Å². The number of hydrogen-bond donors (Lipinski definition) is 2. The van der Waals surface area contributed by atoms with Crippen molar-refractivity contribution < 1.29 is 0 Å². The normalized spacial score (nSPS) is 10.8. The maximum Gasteiger partial charge on any atom is 0.0592 e. The summed E-state index contributed by atoms with van der Waals surface area (Å²) >= 11 is 9.60. The van der Waals surface area contributed by atoms with E-state index in [2.05, 4.69) is 39.6 Å². The van der Waals surface area contributed by atoms with E-state index in [1.54, 1.807) is 0 Å². The summed E-state index contributed by atoms with van der Waals surface area (Å²) in [7, 11) is 0. The van der Waals surface area contributed by atoms with E-state index < -0.39 is 0 Å². The molecule has 96 valence electrons. The first kappa shape index (κ1) is 15.0. The first-order valence-corrected chi connectivity index (χ1v) is 7.27. The number of nitrogens with one attached hydrogen (secondary N) is 2. The van der Waals surface area contributed by atoms with Crippen molar-refractivity contribution in [3.05, 3.63) is 33.3 Å². The summed E-state index contributed by atoms with van der Waals surface area (Å²) in [4.78, 5) is 0. The third kappa shape index (κ3) is 5.87. The van der Waals surface area contributed by atoms with Gasteiger partial charge in [-0.15, -0.1) is 0 Å². The lowest BCUT2D eigenvalue weighted by atomic mass is 10.2. The Hall–Kier alpha value is -0.0900. The lowest BCUT2D eigenvalue weighted by Gasteiger charge is -2.08. The van der Waals surface area contributed by atoms with Gasteiger partial charge in [0.15, 0.2) is 0 Å². The van der Waals surface area contributed by atoms with Crippen LogP contribution in [0.25, 0.3) is 0 Å². The summed E-state index contributed by atoms with van der Waals surface area (Å²) in [5, 5.41) is 7.59. The van der Waals surface area contributed by atoms with Crippen LogP contribution in [0.15, 0.2) is 22.7 Å². The molecule has 0 bridgehead atoms. The minimum absolute atomic E-state index is 0.809. The van der Waals surface area contributed by atoms with E-state index in [4.69, 9.17) is 11.6 Å². The molecular weight excluding hydrogens is 300 g/mol. The molecular formula is C13H20BrClN2. The van der Waals surface area contributed by atoms with Gasteiger partial charge in [-0.05, 0) is 60.0 Å². The molecule has 1 aromatic carbocycles. The molecule has 0 atom stereocenters. The molecule has 0 fully saturated rings. The van der Waals surface area contributed by atoms with Crippen LogP contribution < -0.4 is 10.6 Å². The average Bonchev–Trinajstić information content (AvgIpc) is 2.33. The van der Waals surface area contributed by atoms with Crippen molar-refractivity contribution in [3.8, 4) is 0 Å². The monoisotopic (exact) mass is 318 g/mol. The third-order valence-corrected chi connectivity index (χ3v) is 3.82. The molecule has 2 N–H and O–H groups in total. The highest BCUT2D eigenvalue weighted by molar-refractivity contribution is 9.10. The van der Waals surface area contributed by atoms with Crippen LogP contribution in [-0.2, 0) is 6.54 Å². The van der Waals surface area contributed by atoms with E-state index in [1.165, 1.54) is 6.42 Å². The molecule has 1 rings (SSSR count). The van der Waals surface area contributed by atoms with Crippen LogP contribution in [0.2, 0.25) is 5.02 Å². The Morgan fingerprint density at radius 2 is 1.94 bits per heavy atom. The van der Waals surface area contributed by atoms with Gasteiger partial charge in [0.05, 0.1) is 5.02 Å². The predicted molar refractivity (Wildman–Crippen MR) is 78.6 cm³/mol. The minimum atomic E-state index is 0.809. The first-order valence-electron chi connectivity index (χ1n) is 6.10. The van der Waals surface area contributed by atoms with Crippen molar-refractivity contribution in [2.24, 2.45) is 0 Å². The smallest absolute Gasteiger partial charge is 0.0592 e. The second-order valence-electron chi connectivity index (χ2n) is 3.99. The quantitative estimate of drug-likeness (QED) is 0.716. The number of benzene rings is 1. The number of halogens is 2. The van der Waals surface area contributed by atoms with Gasteiger partial charge in [0, 0.05) is 11.0 Å². The van der Waals surface area contributed by atoms with Gasteiger partial charge in [0.25, 0.3) is 0 Å². The largest absolute Gasteiger partial charge is 0.317 e. The summed E-state index contributed by atoms with van der Waals surface area (Å²) in [5.41, 5.74) is 1.14. The van der Waals surface area contributed by atoms with Crippen LogP contribution in [0.3, 0.4) is 0 Å². The molecule has 1 aromatic rings. The fourth-order valence-electron chi connectivity index (χ4n) is 1.55. The van der Waals surface area contributed by atoms with Gasteiger partial charge in [0.1, 0.15) is 0 Å². The van der Waals surface area contributed by atoms with Crippen LogP contribution in [0.1, 0.15) is 25.3 Å². The van der Waals surface area contributed by atoms with Crippen molar-refractivity contribution in [1.82, 2.24) is 10.6 Å². The summed E-state index contributed by atoms with van der Waals surface area (Å²) < 4.78 is 0.961. The fraction of sp³-hybridized carbons (Fsp3) is 0.538. The highest BCUT2D eigenvalue weighted by Crippen LogP contribution is 2.25. The Kier molecular flexibility index (Phi) is 7.86. The maximum absolute atomic E-state index is 6.18. The van der Waals surface area contributed by atoms with Gasteiger partial charge in [0.2, 0.25) is 0 Å². The van der Waals surface area contributed by atoms with Crippen LogP contribution >= 0.6 is 27.5 Å². The molecule has 0 aliphatic rings. The van der Waals surface area contributed by atoms with Crippen molar-refractivity contribution in [2.45, 2.75) is 26.3 Å². The summed E-state index contributed by atoms with van der Waals surface area (Å²) in [6.07, 6.45) is 2.34. The number of hydrogen-bond acceptors (Lipinski definition) is 2. The zero-order valence-electron chi connectivity index (χ0n) is 10.2. The lowest BCUT2D eigenvalue weighted by molar-refractivity contribution is 0.592. The van der Waals surface area contributed by atoms with Crippen LogP contribution in [0.5, 0.6) is 0 Å². The molecule has 0 saturated heterocycles. The van der Waals surface area contributed by atoms with E-state index >= 15 is 0 Å². The molecule has 0 aromatic heterocycles. The summed E-state index contributed by atoms with van der Waals surface area (Å²) in [6.45, 7) is 6.20. The second kappa shape index (κ2) is 8.92. The van der Waals surface area contributed by atoms with E-state index in [-0.39, 0.29) is 0 Å². The molecule has 4 heteroatoms. The molecule has 0 unspecified atom stereocenters. The van der Waals surface area contributed by atoms with Crippen LogP contribution in [0.4, 0.5) is 0 Å². The highest BCUT2D eigenvalue weighted by Gasteiger charge is 2.02. The van der Waals surface area contributed by atoms with Gasteiger partial charge in [-0.25, -0.2) is 0 Å². The minimum Gasteiger partial charge on any atom is -0.317 e. The number of rotatable bonds is 8. The predicted octanol–water partition coefficient (Wildman–Crippen LogP) is 3.58. The molecule has 0 aliphatic carbocycles. The first-order chi connectivity index (χ1) is 8.25. The fourth-order valence-corrected chi connectivity index (χ4v) is 2.15. The zero-order chi connectivity index (χ0) is 12.5. The second-order valence-corrected chi connectivity index (χ2v) is 5.23. The summed E-state index contributed by atoms with van der Waals surface area (Å²) in [6, 6.07) is 6.02. The summed E-state index contributed by atoms with van der Waals surface area (Å²) in [5.74, 6) is 0. The van der Waals surface area contributed by atoms with E-state index in [9.17, 15) is 0 Å². The van der Waals surface area contributed by atoms with E-state index in [0.29, 0.717) is 0 Å². The Bertz CT molecular complexity index is 331. The van der Waals surface area contributed by atoms with Crippen LogP contribution in [0, 0.1) is 0 Å².